The van der Waals surface area contributed by atoms with Crippen molar-refractivity contribution in [3.63, 3.8) is 0 Å². The van der Waals surface area contributed by atoms with Gasteiger partial charge in [-0.1, -0.05) is 18.2 Å². The fourth-order valence-corrected chi connectivity index (χ4v) is 2.46. The molecule has 16 heavy (non-hydrogen) atoms. The highest BCUT2D eigenvalue weighted by Crippen LogP contribution is 2.26. The van der Waals surface area contributed by atoms with Crippen LogP contribution >= 0.6 is 0 Å². The third-order valence-corrected chi connectivity index (χ3v) is 3.28. The number of hydrogen-bond donors (Lipinski definition) is 1. The van der Waals surface area contributed by atoms with Crippen molar-refractivity contribution in [3.05, 3.63) is 30.3 Å². The Labute approximate surface area is 97.1 Å². The smallest absolute Gasteiger partial charge is 0.0698 e. The number of benzene rings is 1. The summed E-state index contributed by atoms with van der Waals surface area (Å²) in [6, 6.07) is 11.2. The van der Waals surface area contributed by atoms with E-state index < -0.39 is 0 Å². The minimum Gasteiger partial charge on any atom is -0.368 e. The van der Waals surface area contributed by atoms with Crippen LogP contribution in [0.15, 0.2) is 30.3 Å². The molecule has 88 valence electrons. The molecule has 0 saturated carbocycles. The summed E-state index contributed by atoms with van der Waals surface area (Å²) in [7, 11) is 0. The molecule has 2 N–H and O–H groups in total. The van der Waals surface area contributed by atoms with Crippen LogP contribution in [-0.2, 0) is 4.84 Å². The Kier molecular flexibility index (Phi) is 4.19. The molecule has 1 fully saturated rings. The maximum absolute atomic E-state index is 5.11. The van der Waals surface area contributed by atoms with Gasteiger partial charge in [0.2, 0.25) is 0 Å². The van der Waals surface area contributed by atoms with Crippen molar-refractivity contribution in [1.82, 2.24) is 0 Å². The molecule has 0 amide bonds. The Morgan fingerprint density at radius 3 is 2.81 bits per heavy atom. The molecule has 1 heterocycles. The van der Waals surface area contributed by atoms with Crippen LogP contribution in [0.3, 0.4) is 0 Å². The fraction of sp³-hybridized carbons (Fsp3) is 0.538. The summed E-state index contributed by atoms with van der Waals surface area (Å²) in [6.07, 6.45) is 4.87. The predicted octanol–water partition coefficient (Wildman–Crippen LogP) is 2.33. The van der Waals surface area contributed by atoms with E-state index in [1.807, 2.05) is 0 Å². The highest BCUT2D eigenvalue weighted by Gasteiger charge is 2.21. The third-order valence-electron chi connectivity index (χ3n) is 3.28. The SMILES string of the molecule is NOCCC1CCCCN1c1ccccc1. The molecule has 1 aliphatic heterocycles. The number of para-hydroxylation sites is 1. The highest BCUT2D eigenvalue weighted by molar-refractivity contribution is 5.47. The second-order valence-electron chi connectivity index (χ2n) is 4.34. The van der Waals surface area contributed by atoms with Gasteiger partial charge in [-0.3, -0.25) is 0 Å². The van der Waals surface area contributed by atoms with Crippen molar-refractivity contribution >= 4 is 5.69 Å². The fourth-order valence-electron chi connectivity index (χ4n) is 2.46. The molecule has 0 aliphatic carbocycles. The normalized spacial score (nSPS) is 21.1. The van der Waals surface area contributed by atoms with Crippen molar-refractivity contribution in [2.45, 2.75) is 31.7 Å². The molecular formula is C13H20N2O. The van der Waals surface area contributed by atoms with Crippen molar-refractivity contribution in [2.75, 3.05) is 18.1 Å². The quantitative estimate of drug-likeness (QED) is 0.791. The molecule has 1 aliphatic rings. The number of hydrogen-bond acceptors (Lipinski definition) is 3. The molecule has 1 aromatic rings. The molecule has 1 unspecified atom stereocenters. The number of nitrogens with two attached hydrogens (primary N) is 1. The van der Waals surface area contributed by atoms with E-state index in [-0.39, 0.29) is 0 Å². The van der Waals surface area contributed by atoms with Crippen LogP contribution in [0.1, 0.15) is 25.7 Å². The largest absolute Gasteiger partial charge is 0.368 e. The lowest BCUT2D eigenvalue weighted by Crippen LogP contribution is -2.40. The van der Waals surface area contributed by atoms with Gasteiger partial charge in [0.05, 0.1) is 6.61 Å². The molecule has 0 bridgehead atoms. The Bertz CT molecular complexity index is 302. The van der Waals surface area contributed by atoms with Gasteiger partial charge >= 0.3 is 0 Å². The van der Waals surface area contributed by atoms with Crippen LogP contribution in [0.2, 0.25) is 0 Å². The minimum absolute atomic E-state index is 0.583. The molecular weight excluding hydrogens is 200 g/mol. The first-order chi connectivity index (χ1) is 7.92. The van der Waals surface area contributed by atoms with E-state index in [2.05, 4.69) is 35.2 Å². The molecule has 0 radical (unpaired) electrons. The molecule has 3 heteroatoms. The van der Waals surface area contributed by atoms with Gasteiger partial charge in [0.25, 0.3) is 0 Å². The molecule has 0 spiro atoms. The topological polar surface area (TPSA) is 38.5 Å². The summed E-state index contributed by atoms with van der Waals surface area (Å²) in [5, 5.41) is 0. The molecule has 1 aromatic carbocycles. The molecule has 1 atom stereocenters. The average molecular weight is 220 g/mol. The van der Waals surface area contributed by atoms with Gasteiger partial charge < -0.3 is 9.74 Å². The van der Waals surface area contributed by atoms with Crippen LogP contribution in [0.25, 0.3) is 0 Å². The minimum atomic E-state index is 0.583. The Hall–Kier alpha value is -1.06. The van der Waals surface area contributed by atoms with Gasteiger partial charge in [-0.15, -0.1) is 0 Å². The van der Waals surface area contributed by atoms with Crippen molar-refractivity contribution in [2.24, 2.45) is 5.90 Å². The van der Waals surface area contributed by atoms with Gasteiger partial charge in [0.15, 0.2) is 0 Å². The lowest BCUT2D eigenvalue weighted by molar-refractivity contribution is 0.127. The van der Waals surface area contributed by atoms with Crippen molar-refractivity contribution < 1.29 is 4.84 Å². The predicted molar refractivity (Wildman–Crippen MR) is 66.2 cm³/mol. The summed E-state index contributed by atoms with van der Waals surface area (Å²) in [5.74, 6) is 5.11. The van der Waals surface area contributed by atoms with Gasteiger partial charge in [0, 0.05) is 18.3 Å². The zero-order valence-electron chi connectivity index (χ0n) is 9.64. The van der Waals surface area contributed by atoms with Crippen molar-refractivity contribution in [1.29, 1.82) is 0 Å². The van der Waals surface area contributed by atoms with E-state index >= 15 is 0 Å². The van der Waals surface area contributed by atoms with Crippen LogP contribution in [0, 0.1) is 0 Å². The lowest BCUT2D eigenvalue weighted by Gasteiger charge is -2.37. The summed E-state index contributed by atoms with van der Waals surface area (Å²) in [4.78, 5) is 7.19. The van der Waals surface area contributed by atoms with E-state index in [9.17, 15) is 0 Å². The van der Waals surface area contributed by atoms with E-state index in [1.54, 1.807) is 0 Å². The first kappa shape index (κ1) is 11.4. The molecule has 0 aromatic heterocycles. The zero-order chi connectivity index (χ0) is 11.2. The standard InChI is InChI=1S/C13H20N2O/c14-16-11-9-13-8-4-5-10-15(13)12-6-2-1-3-7-12/h1-3,6-7,13H,4-5,8-11,14H2. The second-order valence-corrected chi connectivity index (χ2v) is 4.34. The Morgan fingerprint density at radius 2 is 2.06 bits per heavy atom. The number of piperidine rings is 1. The van der Waals surface area contributed by atoms with Gasteiger partial charge in [-0.2, -0.15) is 0 Å². The van der Waals surface area contributed by atoms with Crippen LogP contribution in [0.4, 0.5) is 5.69 Å². The Morgan fingerprint density at radius 1 is 1.25 bits per heavy atom. The van der Waals surface area contributed by atoms with Crippen LogP contribution in [-0.4, -0.2) is 19.2 Å². The zero-order valence-corrected chi connectivity index (χ0v) is 9.64. The van der Waals surface area contributed by atoms with E-state index in [1.165, 1.54) is 24.9 Å². The van der Waals surface area contributed by atoms with Gasteiger partial charge in [-0.25, -0.2) is 5.90 Å². The monoisotopic (exact) mass is 220 g/mol. The molecule has 3 nitrogen and oxygen atoms in total. The number of rotatable bonds is 4. The lowest BCUT2D eigenvalue weighted by atomic mass is 9.99. The van der Waals surface area contributed by atoms with Crippen molar-refractivity contribution in [3.8, 4) is 0 Å². The summed E-state index contributed by atoms with van der Waals surface area (Å²) in [6.45, 7) is 1.80. The summed E-state index contributed by atoms with van der Waals surface area (Å²) >= 11 is 0. The highest BCUT2D eigenvalue weighted by atomic mass is 16.6. The van der Waals surface area contributed by atoms with E-state index in [0.717, 1.165) is 13.0 Å². The van der Waals surface area contributed by atoms with Crippen LogP contribution < -0.4 is 10.8 Å². The summed E-state index contributed by atoms with van der Waals surface area (Å²) < 4.78 is 0. The number of anilines is 1. The molecule has 1 saturated heterocycles. The summed E-state index contributed by atoms with van der Waals surface area (Å²) in [5.41, 5.74) is 1.32. The first-order valence-electron chi connectivity index (χ1n) is 6.05. The first-order valence-corrected chi connectivity index (χ1v) is 6.05. The van der Waals surface area contributed by atoms with E-state index in [4.69, 9.17) is 10.7 Å². The maximum Gasteiger partial charge on any atom is 0.0698 e. The third kappa shape index (κ3) is 2.74. The van der Waals surface area contributed by atoms with E-state index in [0.29, 0.717) is 12.6 Å². The van der Waals surface area contributed by atoms with Gasteiger partial charge in [-0.05, 0) is 37.8 Å². The maximum atomic E-state index is 5.11. The Balaban J connectivity index is 2.04. The number of nitrogens with zero attached hydrogens (tertiary/aromatic N) is 1. The average Bonchev–Trinajstić information content (AvgIpc) is 2.38. The van der Waals surface area contributed by atoms with Gasteiger partial charge in [0.1, 0.15) is 0 Å². The second kappa shape index (κ2) is 5.87. The van der Waals surface area contributed by atoms with Crippen LogP contribution in [0.5, 0.6) is 0 Å². The molecule has 2 rings (SSSR count).